The summed E-state index contributed by atoms with van der Waals surface area (Å²) >= 11 is 1.90. The molecule has 2 heterocycles. The van der Waals surface area contributed by atoms with Crippen molar-refractivity contribution in [3.8, 4) is 0 Å². The predicted octanol–water partition coefficient (Wildman–Crippen LogP) is 4.36. The average Bonchev–Trinajstić information content (AvgIpc) is 2.67. The van der Waals surface area contributed by atoms with Gasteiger partial charge in [0.15, 0.2) is 5.13 Å². The zero-order valence-electron chi connectivity index (χ0n) is 14.1. The van der Waals surface area contributed by atoms with Gasteiger partial charge in [0.2, 0.25) is 0 Å². The summed E-state index contributed by atoms with van der Waals surface area (Å²) in [5.41, 5.74) is 1.21. The van der Waals surface area contributed by atoms with E-state index in [0.717, 1.165) is 13.1 Å². The highest BCUT2D eigenvalue weighted by Gasteiger charge is 2.23. The van der Waals surface area contributed by atoms with Gasteiger partial charge in [0.1, 0.15) is 0 Å². The Morgan fingerprint density at radius 2 is 2.14 bits per heavy atom. The van der Waals surface area contributed by atoms with Crippen LogP contribution in [0.4, 0.5) is 5.13 Å². The van der Waals surface area contributed by atoms with Gasteiger partial charge >= 0.3 is 0 Å². The number of anilines is 1. The summed E-state index contributed by atoms with van der Waals surface area (Å²) in [6, 6.07) is 0.689. The van der Waals surface area contributed by atoms with Crippen molar-refractivity contribution >= 4 is 16.5 Å². The van der Waals surface area contributed by atoms with Crippen molar-refractivity contribution in [2.75, 3.05) is 18.0 Å². The third-order valence-electron chi connectivity index (χ3n) is 4.31. The molecule has 0 aliphatic carbocycles. The Kier molecular flexibility index (Phi) is 6.49. The molecule has 1 aliphatic heterocycles. The second-order valence-electron chi connectivity index (χ2n) is 6.63. The molecule has 1 fully saturated rings. The summed E-state index contributed by atoms with van der Waals surface area (Å²) in [5, 5.41) is 4.80. The van der Waals surface area contributed by atoms with E-state index >= 15 is 0 Å². The first kappa shape index (κ1) is 16.8. The zero-order valence-corrected chi connectivity index (χ0v) is 14.9. The molecule has 0 amide bonds. The first-order chi connectivity index (χ1) is 10.1. The molecule has 1 aromatic rings. The quantitative estimate of drug-likeness (QED) is 0.846. The second-order valence-corrected chi connectivity index (χ2v) is 7.70. The standard InChI is InChI=1S/C17H31N3S/c1-5-15-9-7-6-8-10-20(15)17-19-14(4)16(21-17)12-18-11-13(2)3/h13,15,18H,5-12H2,1-4H3. The van der Waals surface area contributed by atoms with Crippen LogP contribution in [0.5, 0.6) is 0 Å². The van der Waals surface area contributed by atoms with Gasteiger partial charge in [0.05, 0.1) is 5.69 Å². The van der Waals surface area contributed by atoms with E-state index in [-0.39, 0.29) is 0 Å². The molecular weight excluding hydrogens is 278 g/mol. The lowest BCUT2D eigenvalue weighted by Gasteiger charge is -2.28. The summed E-state index contributed by atoms with van der Waals surface area (Å²) in [6.45, 7) is 12.2. The van der Waals surface area contributed by atoms with Crippen LogP contribution in [-0.4, -0.2) is 24.1 Å². The van der Waals surface area contributed by atoms with Crippen LogP contribution in [0, 0.1) is 12.8 Å². The van der Waals surface area contributed by atoms with E-state index in [1.807, 2.05) is 11.3 Å². The van der Waals surface area contributed by atoms with Crippen LogP contribution in [0.2, 0.25) is 0 Å². The smallest absolute Gasteiger partial charge is 0.186 e. The van der Waals surface area contributed by atoms with Crippen LogP contribution in [0.15, 0.2) is 0 Å². The lowest BCUT2D eigenvalue weighted by molar-refractivity contribution is 0.553. The molecule has 0 saturated carbocycles. The van der Waals surface area contributed by atoms with E-state index in [4.69, 9.17) is 4.98 Å². The first-order valence-corrected chi connectivity index (χ1v) is 9.37. The molecule has 21 heavy (non-hydrogen) atoms. The van der Waals surface area contributed by atoms with Crippen molar-refractivity contribution < 1.29 is 0 Å². The maximum Gasteiger partial charge on any atom is 0.186 e. The third-order valence-corrected chi connectivity index (χ3v) is 5.51. The highest BCUT2D eigenvalue weighted by Crippen LogP contribution is 2.31. The number of aromatic nitrogens is 1. The van der Waals surface area contributed by atoms with Gasteiger partial charge in [-0.05, 0) is 38.6 Å². The van der Waals surface area contributed by atoms with E-state index in [9.17, 15) is 0 Å². The highest BCUT2D eigenvalue weighted by molar-refractivity contribution is 7.15. The summed E-state index contributed by atoms with van der Waals surface area (Å²) in [6.07, 6.45) is 6.63. The van der Waals surface area contributed by atoms with Gasteiger partial charge in [0, 0.05) is 24.0 Å². The Balaban J connectivity index is 2.05. The number of hydrogen-bond donors (Lipinski definition) is 1. The topological polar surface area (TPSA) is 28.2 Å². The summed E-state index contributed by atoms with van der Waals surface area (Å²) in [4.78, 5) is 8.86. The minimum atomic E-state index is 0.689. The fraction of sp³-hybridized carbons (Fsp3) is 0.824. The molecule has 0 aromatic carbocycles. The molecule has 1 saturated heterocycles. The average molecular weight is 310 g/mol. The lowest BCUT2D eigenvalue weighted by atomic mass is 10.1. The van der Waals surface area contributed by atoms with E-state index in [1.54, 1.807) is 0 Å². The Morgan fingerprint density at radius 1 is 1.33 bits per heavy atom. The summed E-state index contributed by atoms with van der Waals surface area (Å²) in [5.74, 6) is 0.702. The second kappa shape index (κ2) is 8.14. The van der Waals surface area contributed by atoms with E-state index in [1.165, 1.54) is 54.4 Å². The van der Waals surface area contributed by atoms with Gasteiger partial charge in [-0.3, -0.25) is 0 Å². The van der Waals surface area contributed by atoms with Crippen molar-refractivity contribution in [1.29, 1.82) is 0 Å². The third kappa shape index (κ3) is 4.68. The molecule has 1 atom stereocenters. The van der Waals surface area contributed by atoms with E-state index < -0.39 is 0 Å². The van der Waals surface area contributed by atoms with Gasteiger partial charge in [-0.2, -0.15) is 0 Å². The molecule has 1 aliphatic rings. The number of hydrogen-bond acceptors (Lipinski definition) is 4. The molecule has 3 nitrogen and oxygen atoms in total. The molecule has 0 spiro atoms. The Hall–Kier alpha value is -0.610. The van der Waals surface area contributed by atoms with Gasteiger partial charge in [0.25, 0.3) is 0 Å². The minimum Gasteiger partial charge on any atom is -0.345 e. The fourth-order valence-corrected chi connectivity index (χ4v) is 4.16. The van der Waals surface area contributed by atoms with E-state index in [2.05, 4.69) is 37.9 Å². The maximum atomic E-state index is 4.88. The molecule has 4 heteroatoms. The molecule has 1 N–H and O–H groups in total. The van der Waals surface area contributed by atoms with Crippen molar-refractivity contribution in [2.24, 2.45) is 5.92 Å². The number of rotatable bonds is 6. The van der Waals surface area contributed by atoms with Crippen LogP contribution in [0.25, 0.3) is 0 Å². The SMILES string of the molecule is CCC1CCCCCN1c1nc(C)c(CNCC(C)C)s1. The van der Waals surface area contributed by atoms with Crippen molar-refractivity contribution in [2.45, 2.75) is 72.4 Å². The Morgan fingerprint density at radius 3 is 2.86 bits per heavy atom. The molecule has 2 rings (SSSR count). The number of thiazole rings is 1. The van der Waals surface area contributed by atoms with Crippen LogP contribution >= 0.6 is 11.3 Å². The fourth-order valence-electron chi connectivity index (χ4n) is 3.03. The zero-order chi connectivity index (χ0) is 15.2. The first-order valence-electron chi connectivity index (χ1n) is 8.55. The monoisotopic (exact) mass is 309 g/mol. The van der Waals surface area contributed by atoms with Crippen molar-refractivity contribution in [1.82, 2.24) is 10.3 Å². The summed E-state index contributed by atoms with van der Waals surface area (Å²) < 4.78 is 0. The Bertz CT molecular complexity index is 428. The Labute approximate surface area is 134 Å². The number of nitrogens with zero attached hydrogens (tertiary/aromatic N) is 2. The minimum absolute atomic E-state index is 0.689. The normalized spacial score (nSPS) is 20.0. The largest absolute Gasteiger partial charge is 0.345 e. The van der Waals surface area contributed by atoms with Gasteiger partial charge < -0.3 is 10.2 Å². The molecular formula is C17H31N3S. The van der Waals surface area contributed by atoms with Gasteiger partial charge in [-0.25, -0.2) is 4.98 Å². The number of nitrogens with one attached hydrogen (secondary N) is 1. The summed E-state index contributed by atoms with van der Waals surface area (Å²) in [7, 11) is 0. The van der Waals surface area contributed by atoms with Crippen LogP contribution in [0.3, 0.4) is 0 Å². The molecule has 0 radical (unpaired) electrons. The maximum absolute atomic E-state index is 4.88. The van der Waals surface area contributed by atoms with Crippen molar-refractivity contribution in [3.05, 3.63) is 10.6 Å². The van der Waals surface area contributed by atoms with Crippen molar-refractivity contribution in [3.63, 3.8) is 0 Å². The lowest BCUT2D eigenvalue weighted by Crippen LogP contribution is -2.34. The molecule has 120 valence electrons. The number of aryl methyl sites for hydroxylation is 1. The van der Waals surface area contributed by atoms with Crippen LogP contribution < -0.4 is 10.2 Å². The van der Waals surface area contributed by atoms with Gasteiger partial charge in [-0.15, -0.1) is 11.3 Å². The molecule has 1 unspecified atom stereocenters. The van der Waals surface area contributed by atoms with Crippen LogP contribution in [-0.2, 0) is 6.54 Å². The van der Waals surface area contributed by atoms with Crippen LogP contribution in [0.1, 0.15) is 63.4 Å². The van der Waals surface area contributed by atoms with E-state index in [0.29, 0.717) is 12.0 Å². The van der Waals surface area contributed by atoms with Gasteiger partial charge in [-0.1, -0.05) is 33.6 Å². The molecule has 0 bridgehead atoms. The predicted molar refractivity (Wildman–Crippen MR) is 93.3 cm³/mol. The molecule has 1 aromatic heterocycles. The highest BCUT2D eigenvalue weighted by atomic mass is 32.1.